The van der Waals surface area contributed by atoms with Gasteiger partial charge >= 0.3 is 5.97 Å². The number of anilines is 1. The SMILES string of the molecule is CCCCn1nnnc1COC(=O)c1ccc2c(c1)C(=O)N(c1ccccc1C)C2=O. The van der Waals surface area contributed by atoms with Gasteiger partial charge in [0.1, 0.15) is 0 Å². The van der Waals surface area contributed by atoms with E-state index in [0.29, 0.717) is 18.1 Å². The van der Waals surface area contributed by atoms with Crippen molar-refractivity contribution in [2.75, 3.05) is 4.90 Å². The molecule has 0 fully saturated rings. The predicted octanol–water partition coefficient (Wildman–Crippen LogP) is 2.94. The second kappa shape index (κ2) is 8.47. The topological polar surface area (TPSA) is 107 Å². The maximum Gasteiger partial charge on any atom is 0.338 e. The lowest BCUT2D eigenvalue weighted by molar-refractivity contribution is 0.0456. The summed E-state index contributed by atoms with van der Waals surface area (Å²) in [4.78, 5) is 39.4. The molecule has 1 aliphatic heterocycles. The summed E-state index contributed by atoms with van der Waals surface area (Å²) in [6, 6.07) is 11.5. The van der Waals surface area contributed by atoms with E-state index in [4.69, 9.17) is 4.74 Å². The highest BCUT2D eigenvalue weighted by Crippen LogP contribution is 2.31. The molecule has 2 aromatic carbocycles. The zero-order valence-electron chi connectivity index (χ0n) is 17.2. The van der Waals surface area contributed by atoms with E-state index in [9.17, 15) is 14.4 Å². The van der Waals surface area contributed by atoms with Crippen molar-refractivity contribution in [2.45, 2.75) is 39.8 Å². The molecule has 9 heteroatoms. The number of aryl methyl sites for hydroxylation is 2. The molecule has 3 aromatic rings. The first-order valence-electron chi connectivity index (χ1n) is 10.0. The Labute approximate surface area is 178 Å². The Bertz CT molecular complexity index is 1170. The van der Waals surface area contributed by atoms with E-state index in [1.807, 2.05) is 19.1 Å². The Morgan fingerprint density at radius 2 is 1.84 bits per heavy atom. The summed E-state index contributed by atoms with van der Waals surface area (Å²) in [6.45, 7) is 4.44. The van der Waals surface area contributed by atoms with Crippen LogP contribution in [0, 0.1) is 6.92 Å². The highest BCUT2D eigenvalue weighted by molar-refractivity contribution is 6.34. The van der Waals surface area contributed by atoms with Crippen molar-refractivity contribution >= 4 is 23.5 Å². The second-order valence-electron chi connectivity index (χ2n) is 7.24. The van der Waals surface area contributed by atoms with Crippen molar-refractivity contribution in [3.63, 3.8) is 0 Å². The Balaban J connectivity index is 1.52. The number of ether oxygens (including phenoxy) is 1. The average Bonchev–Trinajstić information content (AvgIpc) is 3.33. The van der Waals surface area contributed by atoms with Gasteiger partial charge in [-0.05, 0) is 53.6 Å². The van der Waals surface area contributed by atoms with Gasteiger partial charge in [0.25, 0.3) is 11.8 Å². The van der Waals surface area contributed by atoms with Gasteiger partial charge in [-0.15, -0.1) is 5.10 Å². The van der Waals surface area contributed by atoms with Gasteiger partial charge in [-0.1, -0.05) is 31.5 Å². The van der Waals surface area contributed by atoms with Crippen LogP contribution in [0.4, 0.5) is 5.69 Å². The molecule has 0 spiro atoms. The minimum Gasteiger partial charge on any atom is -0.454 e. The summed E-state index contributed by atoms with van der Waals surface area (Å²) in [5.41, 5.74) is 1.94. The van der Waals surface area contributed by atoms with Crippen molar-refractivity contribution in [2.24, 2.45) is 0 Å². The summed E-state index contributed by atoms with van der Waals surface area (Å²) >= 11 is 0. The van der Waals surface area contributed by atoms with Gasteiger partial charge in [0, 0.05) is 6.54 Å². The number of benzene rings is 2. The normalized spacial score (nSPS) is 12.9. The minimum absolute atomic E-state index is 0.0884. The van der Waals surface area contributed by atoms with E-state index >= 15 is 0 Å². The predicted molar refractivity (Wildman–Crippen MR) is 111 cm³/mol. The first kappa shape index (κ1) is 20.4. The molecule has 0 unspecified atom stereocenters. The molecule has 158 valence electrons. The van der Waals surface area contributed by atoms with Crippen LogP contribution in [0.2, 0.25) is 0 Å². The number of fused-ring (bicyclic) bond motifs is 1. The Hall–Kier alpha value is -3.88. The second-order valence-corrected chi connectivity index (χ2v) is 7.24. The van der Waals surface area contributed by atoms with E-state index in [0.717, 1.165) is 23.3 Å². The summed E-state index contributed by atoms with van der Waals surface area (Å²) in [5.74, 6) is -1.06. The van der Waals surface area contributed by atoms with Crippen molar-refractivity contribution in [1.82, 2.24) is 20.2 Å². The molecule has 0 atom stereocenters. The molecule has 9 nitrogen and oxygen atoms in total. The number of carbonyl (C=O) groups excluding carboxylic acids is 3. The van der Waals surface area contributed by atoms with E-state index < -0.39 is 17.8 Å². The summed E-state index contributed by atoms with van der Waals surface area (Å²) in [6.07, 6.45) is 1.89. The van der Waals surface area contributed by atoms with Gasteiger partial charge in [-0.25, -0.2) is 14.4 Å². The molecule has 0 radical (unpaired) electrons. The van der Waals surface area contributed by atoms with Gasteiger partial charge in [-0.2, -0.15) is 0 Å². The Kier molecular flexibility index (Phi) is 5.57. The number of nitrogens with zero attached hydrogens (tertiary/aromatic N) is 5. The molecule has 2 amide bonds. The number of hydrogen-bond acceptors (Lipinski definition) is 7. The number of hydrogen-bond donors (Lipinski definition) is 0. The number of carbonyl (C=O) groups is 3. The van der Waals surface area contributed by atoms with E-state index in [2.05, 4.69) is 22.4 Å². The number of tetrazole rings is 1. The van der Waals surface area contributed by atoms with Gasteiger partial charge < -0.3 is 4.74 Å². The Morgan fingerprint density at radius 3 is 2.61 bits per heavy atom. The maximum atomic E-state index is 12.9. The highest BCUT2D eigenvalue weighted by Gasteiger charge is 2.37. The number of para-hydroxylation sites is 1. The van der Waals surface area contributed by atoms with E-state index in [-0.39, 0.29) is 23.3 Å². The number of rotatable bonds is 7. The van der Waals surface area contributed by atoms with Gasteiger partial charge in [0.15, 0.2) is 12.4 Å². The molecule has 0 N–H and O–H groups in total. The molecular formula is C22H21N5O4. The zero-order chi connectivity index (χ0) is 22.0. The largest absolute Gasteiger partial charge is 0.454 e. The molecule has 1 aromatic heterocycles. The fourth-order valence-corrected chi connectivity index (χ4v) is 3.42. The lowest BCUT2D eigenvalue weighted by atomic mass is 10.1. The van der Waals surface area contributed by atoms with E-state index in [1.165, 1.54) is 18.2 Å². The number of amides is 2. The van der Waals surface area contributed by atoms with Crippen LogP contribution >= 0.6 is 0 Å². The molecule has 0 saturated carbocycles. The average molecular weight is 419 g/mol. The monoisotopic (exact) mass is 419 g/mol. The lowest BCUT2D eigenvalue weighted by Crippen LogP contribution is -2.29. The van der Waals surface area contributed by atoms with Crippen molar-refractivity contribution in [3.8, 4) is 0 Å². The van der Waals surface area contributed by atoms with Crippen LogP contribution < -0.4 is 4.90 Å². The molecule has 0 aliphatic carbocycles. The molecule has 0 bridgehead atoms. The number of unbranched alkanes of at least 4 members (excludes halogenated alkanes) is 1. The maximum absolute atomic E-state index is 12.9. The molecule has 4 rings (SSSR count). The lowest BCUT2D eigenvalue weighted by Gasteiger charge is -2.16. The Morgan fingerprint density at radius 1 is 1.06 bits per heavy atom. The molecule has 31 heavy (non-hydrogen) atoms. The fraction of sp³-hybridized carbons (Fsp3) is 0.273. The van der Waals surface area contributed by atoms with Crippen LogP contribution in [0.3, 0.4) is 0 Å². The van der Waals surface area contributed by atoms with Gasteiger partial charge in [0.05, 0.1) is 22.4 Å². The molecule has 0 saturated heterocycles. The van der Waals surface area contributed by atoms with Crippen LogP contribution in [0.15, 0.2) is 42.5 Å². The van der Waals surface area contributed by atoms with Gasteiger partial charge in [-0.3, -0.25) is 9.59 Å². The van der Waals surface area contributed by atoms with Crippen LogP contribution in [-0.2, 0) is 17.9 Å². The van der Waals surface area contributed by atoms with Crippen LogP contribution in [0.1, 0.15) is 62.2 Å². The highest BCUT2D eigenvalue weighted by atomic mass is 16.5. The third kappa shape index (κ3) is 3.81. The van der Waals surface area contributed by atoms with Crippen molar-refractivity contribution < 1.29 is 19.1 Å². The van der Waals surface area contributed by atoms with E-state index in [1.54, 1.807) is 16.8 Å². The number of aromatic nitrogens is 4. The summed E-state index contributed by atoms with van der Waals surface area (Å²) in [7, 11) is 0. The number of esters is 1. The quantitative estimate of drug-likeness (QED) is 0.428. The molecule has 2 heterocycles. The smallest absolute Gasteiger partial charge is 0.338 e. The first-order chi connectivity index (χ1) is 15.0. The standard InChI is InChI=1S/C22H21N5O4/c1-3-4-11-26-19(23-24-25-26)13-31-22(30)15-9-10-16-17(12-15)21(29)27(20(16)28)18-8-6-5-7-14(18)2/h5-10,12H,3-4,11,13H2,1-2H3. The third-order valence-electron chi connectivity index (χ3n) is 5.14. The van der Waals surface area contributed by atoms with Gasteiger partial charge in [0.2, 0.25) is 0 Å². The number of imide groups is 1. The van der Waals surface area contributed by atoms with Crippen LogP contribution in [0.25, 0.3) is 0 Å². The minimum atomic E-state index is -0.623. The summed E-state index contributed by atoms with van der Waals surface area (Å²) < 4.78 is 6.93. The van der Waals surface area contributed by atoms with Crippen molar-refractivity contribution in [1.29, 1.82) is 0 Å². The fourth-order valence-electron chi connectivity index (χ4n) is 3.42. The van der Waals surface area contributed by atoms with Crippen molar-refractivity contribution in [3.05, 3.63) is 70.5 Å². The zero-order valence-corrected chi connectivity index (χ0v) is 17.2. The van der Waals surface area contributed by atoms with Crippen LogP contribution in [0.5, 0.6) is 0 Å². The third-order valence-corrected chi connectivity index (χ3v) is 5.14. The van der Waals surface area contributed by atoms with Crippen LogP contribution in [-0.4, -0.2) is 38.0 Å². The molecule has 1 aliphatic rings. The molecular weight excluding hydrogens is 398 g/mol. The summed E-state index contributed by atoms with van der Waals surface area (Å²) in [5, 5.41) is 11.4. The first-order valence-corrected chi connectivity index (χ1v) is 10.0.